The second-order valence-electron chi connectivity index (χ2n) is 3.92. The van der Waals surface area contributed by atoms with E-state index in [1.165, 1.54) is 6.20 Å². The van der Waals surface area contributed by atoms with E-state index < -0.39 is 0 Å². The third kappa shape index (κ3) is 4.16. The molecule has 0 unspecified atom stereocenters. The van der Waals surface area contributed by atoms with Crippen LogP contribution in [-0.4, -0.2) is 58.5 Å². The van der Waals surface area contributed by atoms with Crippen LogP contribution < -0.4 is 0 Å². The summed E-state index contributed by atoms with van der Waals surface area (Å²) >= 11 is 0. The summed E-state index contributed by atoms with van der Waals surface area (Å²) < 4.78 is 5.16. The standard InChI is InChI=1S/C11H19N3O3/c1-9(2)14(3-5-17-6-4-15)11(16)10-7-12-13-8-10/h7-9,15H,3-6H2,1-2H3,(H,12,13). The zero-order valence-electron chi connectivity index (χ0n) is 10.2. The van der Waals surface area contributed by atoms with E-state index in [1.54, 1.807) is 11.1 Å². The fourth-order valence-electron chi connectivity index (χ4n) is 1.46. The van der Waals surface area contributed by atoms with Crippen LogP contribution in [0.5, 0.6) is 0 Å². The van der Waals surface area contributed by atoms with E-state index in [-0.39, 0.29) is 18.6 Å². The lowest BCUT2D eigenvalue weighted by atomic mass is 10.2. The van der Waals surface area contributed by atoms with Crippen molar-refractivity contribution in [2.45, 2.75) is 19.9 Å². The van der Waals surface area contributed by atoms with Gasteiger partial charge in [-0.3, -0.25) is 9.89 Å². The first-order chi connectivity index (χ1) is 8.16. The predicted octanol–water partition coefficient (Wildman–Crippen LogP) is 0.269. The van der Waals surface area contributed by atoms with Crippen molar-refractivity contribution < 1.29 is 14.6 Å². The zero-order valence-corrected chi connectivity index (χ0v) is 10.2. The first kappa shape index (κ1) is 13.7. The van der Waals surface area contributed by atoms with Crippen LogP contribution in [0.15, 0.2) is 12.4 Å². The molecule has 0 aliphatic heterocycles. The lowest BCUT2D eigenvalue weighted by Gasteiger charge is -2.26. The van der Waals surface area contributed by atoms with Crippen molar-refractivity contribution in [3.05, 3.63) is 18.0 Å². The SMILES string of the molecule is CC(C)N(CCOCCO)C(=O)c1cn[nH]c1. The fourth-order valence-corrected chi connectivity index (χ4v) is 1.46. The molecule has 0 spiro atoms. The van der Waals surface area contributed by atoms with E-state index >= 15 is 0 Å². The second-order valence-corrected chi connectivity index (χ2v) is 3.92. The van der Waals surface area contributed by atoms with E-state index in [2.05, 4.69) is 10.2 Å². The number of hydrogen-bond acceptors (Lipinski definition) is 4. The number of carbonyl (C=O) groups excluding carboxylic acids is 1. The van der Waals surface area contributed by atoms with Crippen LogP contribution in [0.3, 0.4) is 0 Å². The molecule has 0 radical (unpaired) electrons. The highest BCUT2D eigenvalue weighted by atomic mass is 16.5. The number of carbonyl (C=O) groups is 1. The molecule has 6 nitrogen and oxygen atoms in total. The molecule has 0 aliphatic rings. The first-order valence-corrected chi connectivity index (χ1v) is 5.65. The van der Waals surface area contributed by atoms with Crippen molar-refractivity contribution in [1.29, 1.82) is 0 Å². The van der Waals surface area contributed by atoms with Gasteiger partial charge in [0.1, 0.15) is 0 Å². The molecule has 0 aromatic carbocycles. The monoisotopic (exact) mass is 241 g/mol. The minimum absolute atomic E-state index is 0.00262. The smallest absolute Gasteiger partial charge is 0.257 e. The van der Waals surface area contributed by atoms with Gasteiger partial charge in [0.2, 0.25) is 0 Å². The number of nitrogens with one attached hydrogen (secondary N) is 1. The molecule has 0 fully saturated rings. The number of nitrogens with zero attached hydrogens (tertiary/aromatic N) is 2. The summed E-state index contributed by atoms with van der Waals surface area (Å²) in [6.07, 6.45) is 3.08. The molecule has 96 valence electrons. The Balaban J connectivity index is 2.51. The van der Waals surface area contributed by atoms with Gasteiger partial charge in [-0.25, -0.2) is 0 Å². The van der Waals surface area contributed by atoms with Crippen LogP contribution in [0.4, 0.5) is 0 Å². The number of aliphatic hydroxyl groups is 1. The molecule has 1 rings (SSSR count). The molecule has 1 amide bonds. The van der Waals surface area contributed by atoms with Crippen molar-refractivity contribution in [2.24, 2.45) is 0 Å². The second kappa shape index (κ2) is 7.03. The highest BCUT2D eigenvalue weighted by Crippen LogP contribution is 2.06. The Kier molecular flexibility index (Phi) is 5.65. The topological polar surface area (TPSA) is 78.5 Å². The molecule has 0 atom stereocenters. The van der Waals surface area contributed by atoms with E-state index in [1.807, 2.05) is 13.8 Å². The van der Waals surface area contributed by atoms with Crippen LogP contribution in [0.2, 0.25) is 0 Å². The Morgan fingerprint density at radius 2 is 2.35 bits per heavy atom. The normalized spacial score (nSPS) is 10.8. The molecule has 6 heteroatoms. The molecule has 2 N–H and O–H groups in total. The van der Waals surface area contributed by atoms with E-state index in [0.717, 1.165) is 0 Å². The Bertz CT molecular complexity index is 325. The number of aromatic amines is 1. The zero-order chi connectivity index (χ0) is 12.7. The number of ether oxygens (including phenoxy) is 1. The van der Waals surface area contributed by atoms with Crippen molar-refractivity contribution >= 4 is 5.91 Å². The summed E-state index contributed by atoms with van der Waals surface area (Å²) in [5, 5.41) is 15.0. The van der Waals surface area contributed by atoms with Crippen LogP contribution in [0.25, 0.3) is 0 Å². The molecule has 1 aromatic heterocycles. The quantitative estimate of drug-likeness (QED) is 0.672. The van der Waals surface area contributed by atoms with Gasteiger partial charge in [-0.1, -0.05) is 0 Å². The van der Waals surface area contributed by atoms with Gasteiger partial charge in [-0.05, 0) is 13.8 Å². The number of hydrogen-bond donors (Lipinski definition) is 2. The predicted molar refractivity (Wildman–Crippen MR) is 62.7 cm³/mol. The van der Waals surface area contributed by atoms with E-state index in [9.17, 15) is 4.79 Å². The fraction of sp³-hybridized carbons (Fsp3) is 0.636. The van der Waals surface area contributed by atoms with Gasteiger partial charge in [0.05, 0.1) is 31.6 Å². The third-order valence-electron chi connectivity index (χ3n) is 2.34. The lowest BCUT2D eigenvalue weighted by molar-refractivity contribution is 0.0507. The number of amides is 1. The third-order valence-corrected chi connectivity index (χ3v) is 2.34. The van der Waals surface area contributed by atoms with Gasteiger partial charge < -0.3 is 14.7 Å². The number of H-pyrrole nitrogens is 1. The maximum Gasteiger partial charge on any atom is 0.257 e. The maximum absolute atomic E-state index is 12.1. The Labute approximate surface area is 101 Å². The van der Waals surface area contributed by atoms with Gasteiger partial charge in [0.25, 0.3) is 5.91 Å². The minimum atomic E-state index is -0.0682. The van der Waals surface area contributed by atoms with Crippen LogP contribution in [0, 0.1) is 0 Å². The van der Waals surface area contributed by atoms with E-state index in [0.29, 0.717) is 25.3 Å². The Morgan fingerprint density at radius 3 is 2.88 bits per heavy atom. The van der Waals surface area contributed by atoms with Gasteiger partial charge in [0.15, 0.2) is 0 Å². The Morgan fingerprint density at radius 1 is 1.59 bits per heavy atom. The summed E-state index contributed by atoms with van der Waals surface area (Å²) in [6, 6.07) is 0.0927. The molecular weight excluding hydrogens is 222 g/mol. The molecule has 1 heterocycles. The van der Waals surface area contributed by atoms with Gasteiger partial charge >= 0.3 is 0 Å². The highest BCUT2D eigenvalue weighted by Gasteiger charge is 2.18. The average molecular weight is 241 g/mol. The molecule has 0 aliphatic carbocycles. The lowest BCUT2D eigenvalue weighted by Crippen LogP contribution is -2.39. The highest BCUT2D eigenvalue weighted by molar-refractivity contribution is 5.93. The van der Waals surface area contributed by atoms with Gasteiger partial charge in [0, 0.05) is 18.8 Å². The summed E-state index contributed by atoms with van der Waals surface area (Å²) in [7, 11) is 0. The molecule has 0 bridgehead atoms. The van der Waals surface area contributed by atoms with Crippen molar-refractivity contribution in [2.75, 3.05) is 26.4 Å². The van der Waals surface area contributed by atoms with Crippen LogP contribution in [-0.2, 0) is 4.74 Å². The maximum atomic E-state index is 12.1. The number of rotatable bonds is 7. The molecule has 0 saturated carbocycles. The van der Waals surface area contributed by atoms with E-state index in [4.69, 9.17) is 9.84 Å². The van der Waals surface area contributed by atoms with Crippen LogP contribution >= 0.6 is 0 Å². The van der Waals surface area contributed by atoms with Crippen molar-refractivity contribution in [3.63, 3.8) is 0 Å². The summed E-state index contributed by atoms with van der Waals surface area (Å²) in [5.74, 6) is -0.0682. The number of aromatic nitrogens is 2. The minimum Gasteiger partial charge on any atom is -0.394 e. The summed E-state index contributed by atoms with van der Waals surface area (Å²) in [4.78, 5) is 13.8. The largest absolute Gasteiger partial charge is 0.394 e. The van der Waals surface area contributed by atoms with Crippen molar-refractivity contribution in [3.8, 4) is 0 Å². The van der Waals surface area contributed by atoms with Gasteiger partial charge in [-0.2, -0.15) is 5.10 Å². The number of aliphatic hydroxyl groups excluding tert-OH is 1. The molecular formula is C11H19N3O3. The van der Waals surface area contributed by atoms with Crippen LogP contribution in [0.1, 0.15) is 24.2 Å². The molecule has 17 heavy (non-hydrogen) atoms. The molecule has 0 saturated heterocycles. The first-order valence-electron chi connectivity index (χ1n) is 5.65. The summed E-state index contributed by atoms with van der Waals surface area (Å²) in [5.41, 5.74) is 0.542. The van der Waals surface area contributed by atoms with Gasteiger partial charge in [-0.15, -0.1) is 0 Å². The molecule has 1 aromatic rings. The summed E-state index contributed by atoms with van der Waals surface area (Å²) in [6.45, 7) is 5.11. The average Bonchev–Trinajstić information content (AvgIpc) is 2.81. The van der Waals surface area contributed by atoms with Crippen molar-refractivity contribution in [1.82, 2.24) is 15.1 Å². The Hall–Kier alpha value is -1.40.